The topological polar surface area (TPSA) is 75.1 Å². The van der Waals surface area contributed by atoms with Crippen LogP contribution in [0.25, 0.3) is 10.2 Å². The molecule has 7 heteroatoms. The first-order valence-corrected chi connectivity index (χ1v) is 8.02. The Morgan fingerprint density at radius 2 is 2.40 bits per heavy atom. The van der Waals surface area contributed by atoms with Crippen LogP contribution in [-0.2, 0) is 0 Å². The molecule has 106 valence electrons. The van der Waals surface area contributed by atoms with Gasteiger partial charge in [0.1, 0.15) is 21.9 Å². The van der Waals surface area contributed by atoms with Crippen LogP contribution in [0.15, 0.2) is 19.0 Å². The highest BCUT2D eigenvalue weighted by Gasteiger charge is 2.18. The molecule has 20 heavy (non-hydrogen) atoms. The number of thiophene rings is 1. The number of anilines is 1. The molecule has 0 aromatic carbocycles. The first kappa shape index (κ1) is 14.8. The lowest BCUT2D eigenvalue weighted by Gasteiger charge is -2.06. The van der Waals surface area contributed by atoms with Gasteiger partial charge in [0.25, 0.3) is 0 Å². The minimum Gasteiger partial charge on any atom is -0.477 e. The van der Waals surface area contributed by atoms with Gasteiger partial charge in [0.15, 0.2) is 0 Å². The maximum atomic E-state index is 11.2. The number of carboxylic acid groups (broad SMARTS) is 1. The van der Waals surface area contributed by atoms with E-state index in [-0.39, 0.29) is 0 Å². The van der Waals surface area contributed by atoms with Crippen LogP contribution in [0.3, 0.4) is 0 Å². The number of aromatic nitrogens is 2. The van der Waals surface area contributed by atoms with Gasteiger partial charge >= 0.3 is 5.97 Å². The van der Waals surface area contributed by atoms with Crippen molar-refractivity contribution in [2.24, 2.45) is 0 Å². The van der Waals surface area contributed by atoms with E-state index in [1.54, 1.807) is 18.7 Å². The first-order valence-electron chi connectivity index (χ1n) is 6.05. The zero-order valence-corrected chi connectivity index (χ0v) is 12.7. The minimum atomic E-state index is -0.919. The summed E-state index contributed by atoms with van der Waals surface area (Å²) in [5, 5.41) is 13.2. The van der Waals surface area contributed by atoms with Gasteiger partial charge in [-0.15, -0.1) is 17.9 Å². The van der Waals surface area contributed by atoms with E-state index in [1.807, 2.05) is 6.08 Å². The van der Waals surface area contributed by atoms with Crippen LogP contribution in [-0.4, -0.2) is 39.1 Å². The van der Waals surface area contributed by atoms with Crippen LogP contribution >= 0.6 is 23.1 Å². The molecule has 0 amide bonds. The Hall–Kier alpha value is -1.60. The number of hydrogen-bond acceptors (Lipinski definition) is 6. The largest absolute Gasteiger partial charge is 0.477 e. The quantitative estimate of drug-likeness (QED) is 0.605. The van der Waals surface area contributed by atoms with Crippen molar-refractivity contribution in [3.05, 3.63) is 29.4 Å². The summed E-state index contributed by atoms with van der Waals surface area (Å²) in [7, 11) is 0. The van der Waals surface area contributed by atoms with Gasteiger partial charge in [-0.2, -0.15) is 11.8 Å². The highest BCUT2D eigenvalue weighted by Crippen LogP contribution is 2.33. The molecule has 0 saturated heterocycles. The van der Waals surface area contributed by atoms with Crippen molar-refractivity contribution >= 4 is 45.1 Å². The average molecular weight is 309 g/mol. The summed E-state index contributed by atoms with van der Waals surface area (Å²) in [5.41, 5.74) is 0.722. The molecule has 0 unspecified atom stereocenters. The lowest BCUT2D eigenvalue weighted by atomic mass is 10.2. The molecule has 0 bridgehead atoms. The molecule has 5 nitrogen and oxygen atoms in total. The molecule has 0 aliphatic carbocycles. The zero-order valence-electron chi connectivity index (χ0n) is 11.0. The first-order chi connectivity index (χ1) is 9.65. The van der Waals surface area contributed by atoms with E-state index in [0.29, 0.717) is 15.5 Å². The molecule has 2 N–H and O–H groups in total. The van der Waals surface area contributed by atoms with Crippen molar-refractivity contribution < 1.29 is 9.90 Å². The summed E-state index contributed by atoms with van der Waals surface area (Å²) in [6.45, 7) is 6.23. The number of aryl methyl sites for hydroxylation is 1. The Morgan fingerprint density at radius 1 is 1.60 bits per heavy atom. The lowest BCUT2D eigenvalue weighted by Crippen LogP contribution is -2.06. The van der Waals surface area contributed by atoms with Gasteiger partial charge in [-0.05, 0) is 12.5 Å². The van der Waals surface area contributed by atoms with Gasteiger partial charge < -0.3 is 10.4 Å². The summed E-state index contributed by atoms with van der Waals surface area (Å²) in [6.07, 6.45) is 3.33. The van der Waals surface area contributed by atoms with Crippen LogP contribution in [0, 0.1) is 6.92 Å². The third kappa shape index (κ3) is 3.10. The Kier molecular flexibility index (Phi) is 4.97. The highest BCUT2D eigenvalue weighted by molar-refractivity contribution is 7.99. The van der Waals surface area contributed by atoms with Gasteiger partial charge in [0.05, 0.1) is 5.39 Å². The summed E-state index contributed by atoms with van der Waals surface area (Å²) < 4.78 is 0. The van der Waals surface area contributed by atoms with E-state index in [0.717, 1.165) is 29.0 Å². The number of hydrogen-bond donors (Lipinski definition) is 2. The van der Waals surface area contributed by atoms with Gasteiger partial charge in [-0.1, -0.05) is 6.08 Å². The molecule has 2 aromatic heterocycles. The van der Waals surface area contributed by atoms with Crippen LogP contribution in [0.4, 0.5) is 5.82 Å². The molecular weight excluding hydrogens is 294 g/mol. The molecule has 2 aromatic rings. The smallest absolute Gasteiger partial charge is 0.346 e. The van der Waals surface area contributed by atoms with Gasteiger partial charge in [0, 0.05) is 18.1 Å². The predicted molar refractivity (Wildman–Crippen MR) is 85.1 cm³/mol. The second kappa shape index (κ2) is 6.71. The van der Waals surface area contributed by atoms with E-state index < -0.39 is 5.97 Å². The van der Waals surface area contributed by atoms with Crippen LogP contribution in [0.1, 0.15) is 15.2 Å². The number of thioether (sulfide) groups is 1. The fourth-order valence-corrected chi connectivity index (χ4v) is 3.39. The number of nitrogens with one attached hydrogen (secondary N) is 1. The predicted octanol–water partition coefficient (Wildman–Crippen LogP) is 3.03. The third-order valence-electron chi connectivity index (χ3n) is 2.70. The maximum absolute atomic E-state index is 11.2. The molecule has 0 aliphatic heterocycles. The molecule has 0 aliphatic rings. The van der Waals surface area contributed by atoms with Crippen molar-refractivity contribution in [2.45, 2.75) is 6.92 Å². The van der Waals surface area contributed by atoms with E-state index >= 15 is 0 Å². The summed E-state index contributed by atoms with van der Waals surface area (Å²) in [4.78, 5) is 20.6. The van der Waals surface area contributed by atoms with Gasteiger partial charge in [-0.25, -0.2) is 14.8 Å². The minimum absolute atomic E-state index is 0.324. The van der Waals surface area contributed by atoms with Crippen LogP contribution in [0.2, 0.25) is 0 Å². The lowest BCUT2D eigenvalue weighted by molar-refractivity contribution is 0.0701. The Balaban J connectivity index is 2.21. The van der Waals surface area contributed by atoms with E-state index in [1.165, 1.54) is 17.7 Å². The van der Waals surface area contributed by atoms with Crippen LogP contribution < -0.4 is 5.32 Å². The molecule has 0 fully saturated rings. The zero-order chi connectivity index (χ0) is 14.5. The second-order valence-corrected chi connectivity index (χ2v) is 6.20. The van der Waals surface area contributed by atoms with Gasteiger partial charge in [-0.3, -0.25) is 0 Å². The Bertz CT molecular complexity index is 640. The highest BCUT2D eigenvalue weighted by atomic mass is 32.2. The average Bonchev–Trinajstić information content (AvgIpc) is 2.77. The van der Waals surface area contributed by atoms with E-state index in [9.17, 15) is 4.79 Å². The number of carbonyl (C=O) groups is 1. The van der Waals surface area contributed by atoms with Crippen molar-refractivity contribution in [3.8, 4) is 0 Å². The molecular formula is C13H15N3O2S2. The number of rotatable bonds is 7. The SMILES string of the molecule is C=CCSCCNc1ncnc2sc(C(=O)O)c(C)c12. The standard InChI is InChI=1S/C13H15N3O2S2/c1-3-5-19-6-4-14-11-9-8(2)10(13(17)18)20-12(9)16-7-15-11/h3,7H,1,4-6H2,2H3,(H,17,18)(H,14,15,16). The number of fused-ring (bicyclic) bond motifs is 1. The normalized spacial score (nSPS) is 10.7. The monoisotopic (exact) mass is 309 g/mol. The molecule has 2 rings (SSSR count). The maximum Gasteiger partial charge on any atom is 0.346 e. The summed E-state index contributed by atoms with van der Waals surface area (Å²) in [5.74, 6) is 1.64. The van der Waals surface area contributed by atoms with Gasteiger partial charge in [0.2, 0.25) is 0 Å². The number of aromatic carboxylic acids is 1. The summed E-state index contributed by atoms with van der Waals surface area (Å²) in [6, 6.07) is 0. The second-order valence-electron chi connectivity index (χ2n) is 4.05. The van der Waals surface area contributed by atoms with E-state index in [4.69, 9.17) is 5.11 Å². The molecule has 2 heterocycles. The molecule has 0 atom stereocenters. The Morgan fingerprint density at radius 3 is 3.10 bits per heavy atom. The van der Waals surface area contributed by atoms with E-state index in [2.05, 4.69) is 21.9 Å². The van der Waals surface area contributed by atoms with Crippen molar-refractivity contribution in [2.75, 3.05) is 23.4 Å². The summed E-state index contributed by atoms with van der Waals surface area (Å²) >= 11 is 2.96. The fourth-order valence-electron chi connectivity index (χ4n) is 1.82. The number of carboxylic acids is 1. The molecule has 0 saturated carbocycles. The van der Waals surface area contributed by atoms with Crippen molar-refractivity contribution in [1.82, 2.24) is 9.97 Å². The Labute approximate surface area is 125 Å². The van der Waals surface area contributed by atoms with Crippen molar-refractivity contribution in [1.29, 1.82) is 0 Å². The fraction of sp³-hybridized carbons (Fsp3) is 0.308. The van der Waals surface area contributed by atoms with Crippen LogP contribution in [0.5, 0.6) is 0 Å². The molecule has 0 radical (unpaired) electrons. The van der Waals surface area contributed by atoms with Crippen molar-refractivity contribution in [3.63, 3.8) is 0 Å². The number of nitrogens with zero attached hydrogens (tertiary/aromatic N) is 2. The molecule has 0 spiro atoms. The third-order valence-corrected chi connectivity index (χ3v) is 4.85.